The fourth-order valence-corrected chi connectivity index (χ4v) is 7.28. The number of aliphatic hydroxyl groups excluding tert-OH is 3. The van der Waals surface area contributed by atoms with Crippen LogP contribution in [0.25, 0.3) is 37.8 Å². The molecule has 0 unspecified atom stereocenters. The first-order valence-electron chi connectivity index (χ1n) is 12.8. The topological polar surface area (TPSA) is 84.0 Å². The zero-order valence-corrected chi connectivity index (χ0v) is 27.7. The molecule has 0 fully saturated rings. The zero-order valence-electron chi connectivity index (χ0n) is 22.5. The van der Waals surface area contributed by atoms with Crippen LogP contribution in [0, 0.1) is 0 Å². The molecule has 0 heterocycles. The number of halogens is 3. The van der Waals surface area contributed by atoms with Gasteiger partial charge in [0.25, 0.3) is 0 Å². The fraction of sp³-hybridized carbons (Fsp3) is 0.429. The van der Waals surface area contributed by atoms with Crippen LogP contribution in [0.15, 0.2) is 51.1 Å². The van der Waals surface area contributed by atoms with E-state index in [0.717, 1.165) is 53.1 Å². The Balaban J connectivity index is 0.00000183. The molecule has 0 amide bonds. The number of benzene rings is 4. The molecule has 0 aliphatic rings. The van der Waals surface area contributed by atoms with Gasteiger partial charge in [0.15, 0.2) is 0 Å². The maximum atomic E-state index is 12.9. The number of nitrogens with zero attached hydrogens (tertiary/aromatic N) is 1. The van der Waals surface area contributed by atoms with E-state index >= 15 is 0 Å². The average molecular weight is 690 g/mol. The molecule has 0 aliphatic carbocycles. The molecule has 0 aliphatic heterocycles. The molecule has 1 radical (unpaired) electrons. The molecule has 4 aromatic rings. The van der Waals surface area contributed by atoms with Crippen LogP contribution in [-0.4, -0.2) is 58.8 Å². The number of thioether (sulfide) groups is 3. The van der Waals surface area contributed by atoms with Gasteiger partial charge in [0, 0.05) is 84.5 Å². The van der Waals surface area contributed by atoms with Crippen molar-refractivity contribution in [3.05, 3.63) is 41.9 Å². The van der Waals surface area contributed by atoms with Gasteiger partial charge in [-0.1, -0.05) is 44.2 Å². The van der Waals surface area contributed by atoms with Crippen LogP contribution in [0.3, 0.4) is 0 Å². The van der Waals surface area contributed by atoms with E-state index in [1.54, 1.807) is 35.7 Å². The first kappa shape index (κ1) is 35.7. The van der Waals surface area contributed by atoms with Crippen molar-refractivity contribution in [2.24, 2.45) is 0 Å². The first-order valence-corrected chi connectivity index (χ1v) is 15.8. The largest absolute Gasteiger partial charge is 0.554 e. The van der Waals surface area contributed by atoms with E-state index in [1.807, 2.05) is 32.0 Å². The van der Waals surface area contributed by atoms with Crippen molar-refractivity contribution in [3.8, 4) is 0 Å². The van der Waals surface area contributed by atoms with Gasteiger partial charge in [0.05, 0.1) is 0 Å². The van der Waals surface area contributed by atoms with Gasteiger partial charge < -0.3 is 25.6 Å². The van der Waals surface area contributed by atoms with Gasteiger partial charge in [-0.3, -0.25) is 0 Å². The molecule has 0 saturated carbocycles. The Morgan fingerprint density at radius 2 is 1.05 bits per heavy atom. The molecule has 4 rings (SSSR count). The van der Waals surface area contributed by atoms with Gasteiger partial charge >= 0.3 is 6.36 Å². The molecule has 0 bridgehead atoms. The minimum absolute atomic E-state index is 0. The molecule has 217 valence electrons. The quantitative estimate of drug-likeness (QED) is 0.0530. The Morgan fingerprint density at radius 3 is 1.45 bits per heavy atom. The Kier molecular flexibility index (Phi) is 15.7. The van der Waals surface area contributed by atoms with Crippen molar-refractivity contribution in [3.63, 3.8) is 0 Å². The second-order valence-electron chi connectivity index (χ2n) is 8.24. The average Bonchev–Trinajstić information content (AvgIpc) is 2.93. The summed E-state index contributed by atoms with van der Waals surface area (Å²) in [6.07, 6.45) is -3.07. The summed E-state index contributed by atoms with van der Waals surface area (Å²) < 4.78 is 38.7. The molecule has 5 nitrogen and oxygen atoms in total. The third-order valence-electron chi connectivity index (χ3n) is 5.69. The minimum Gasteiger partial charge on any atom is -0.554 e. The second kappa shape index (κ2) is 17.6. The number of hydrogen-bond donors (Lipinski definition) is 3. The van der Waals surface area contributed by atoms with E-state index in [9.17, 15) is 28.5 Å². The molecular formula is C28H33F3NO4S3Y-. The zero-order chi connectivity index (χ0) is 28.4. The van der Waals surface area contributed by atoms with Gasteiger partial charge in [0.2, 0.25) is 0 Å². The van der Waals surface area contributed by atoms with Crippen LogP contribution in [0.1, 0.15) is 33.1 Å². The summed E-state index contributed by atoms with van der Waals surface area (Å²) in [5.41, 5.74) is 3.58. The van der Waals surface area contributed by atoms with Gasteiger partial charge in [-0.25, -0.2) is 0 Å². The maximum Gasteiger partial charge on any atom is 0.509 e. The van der Waals surface area contributed by atoms with Crippen molar-refractivity contribution in [1.29, 1.82) is 0 Å². The molecule has 0 atom stereocenters. The van der Waals surface area contributed by atoms with Crippen molar-refractivity contribution < 1.29 is 66.0 Å². The smallest absolute Gasteiger partial charge is 0.509 e. The summed E-state index contributed by atoms with van der Waals surface area (Å²) in [4.78, 5) is 6.72. The van der Waals surface area contributed by atoms with E-state index in [1.165, 1.54) is 11.8 Å². The van der Waals surface area contributed by atoms with Crippen LogP contribution in [0.4, 0.5) is 18.9 Å². The number of alkyl halides is 3. The Hall–Kier alpha value is -0.496. The number of aliphatic hydroxyl groups is 3. The molecule has 4 aromatic carbocycles. The van der Waals surface area contributed by atoms with Gasteiger partial charge in [0.1, 0.15) is 0 Å². The van der Waals surface area contributed by atoms with Gasteiger partial charge in [-0.2, -0.15) is 0 Å². The first-order chi connectivity index (χ1) is 18.9. The molecule has 3 N–H and O–H groups in total. The SMILES string of the molecule is CC.OCCCSc1cc([N-]OC(F)(F)F)c2ccc3c(SCCCO)cc(SCCCO)c4ccc1c2c34.[Y]. The summed E-state index contributed by atoms with van der Waals surface area (Å²) in [6.45, 7) is 4.21. The summed E-state index contributed by atoms with van der Waals surface area (Å²) >= 11 is 4.74. The van der Waals surface area contributed by atoms with Crippen LogP contribution in [-0.2, 0) is 37.5 Å². The molecule has 0 aromatic heterocycles. The Bertz CT molecular complexity index is 1310. The third-order valence-corrected chi connectivity index (χ3v) is 9.12. The Morgan fingerprint density at radius 1 is 0.675 bits per heavy atom. The fourth-order valence-electron chi connectivity index (χ4n) is 4.15. The van der Waals surface area contributed by atoms with Crippen molar-refractivity contribution in [2.45, 2.75) is 54.2 Å². The van der Waals surface area contributed by atoms with Crippen molar-refractivity contribution >= 4 is 73.3 Å². The molecule has 40 heavy (non-hydrogen) atoms. The Labute approximate surface area is 270 Å². The van der Waals surface area contributed by atoms with E-state index in [-0.39, 0.29) is 58.2 Å². The van der Waals surface area contributed by atoms with Crippen LogP contribution < -0.4 is 0 Å². The van der Waals surface area contributed by atoms with E-state index < -0.39 is 6.36 Å². The molecule has 0 saturated heterocycles. The standard InChI is InChI=1S/C26H27F3NO4S3.C2H6.Y/c27-26(28,29)34-30-20-14-21(35-11-1-8-31)17-6-7-19-23(37-13-3-10-33)15-22(36-12-2-9-32)18-5-4-16(20)24(17)25(18)19;1-2;/h4-7,14-15,31-33H,1-3,8-13H2;1-2H3;/q-1;;. The van der Waals surface area contributed by atoms with E-state index in [2.05, 4.69) is 16.4 Å². The van der Waals surface area contributed by atoms with Crippen LogP contribution in [0.2, 0.25) is 0 Å². The molecular weight excluding hydrogens is 656 g/mol. The summed E-state index contributed by atoms with van der Waals surface area (Å²) in [6, 6.07) is 11.5. The van der Waals surface area contributed by atoms with Gasteiger partial charge in [-0.05, 0) is 57.6 Å². The predicted molar refractivity (Wildman–Crippen MR) is 159 cm³/mol. The van der Waals surface area contributed by atoms with Gasteiger partial charge in [-0.15, -0.1) is 54.1 Å². The third kappa shape index (κ3) is 9.00. The number of rotatable bonds is 14. The molecule has 0 spiro atoms. The maximum absolute atomic E-state index is 12.9. The van der Waals surface area contributed by atoms with Crippen molar-refractivity contribution in [1.82, 2.24) is 0 Å². The second-order valence-corrected chi connectivity index (χ2v) is 11.7. The summed E-state index contributed by atoms with van der Waals surface area (Å²) in [5, 5.41) is 33.0. The van der Waals surface area contributed by atoms with Crippen molar-refractivity contribution in [2.75, 3.05) is 37.1 Å². The minimum atomic E-state index is -4.90. The summed E-state index contributed by atoms with van der Waals surface area (Å²) in [5.74, 6) is 2.05. The summed E-state index contributed by atoms with van der Waals surface area (Å²) in [7, 11) is 0. The van der Waals surface area contributed by atoms with E-state index in [4.69, 9.17) is 0 Å². The van der Waals surface area contributed by atoms with Crippen LogP contribution in [0.5, 0.6) is 0 Å². The molecule has 12 heteroatoms. The van der Waals surface area contributed by atoms with Crippen LogP contribution >= 0.6 is 35.3 Å². The number of hydrogen-bond acceptors (Lipinski definition) is 7. The normalized spacial score (nSPS) is 11.6. The monoisotopic (exact) mass is 689 g/mol. The predicted octanol–water partition coefficient (Wildman–Crippen LogP) is 8.49. The van der Waals surface area contributed by atoms with E-state index in [0.29, 0.717) is 30.4 Å².